The van der Waals surface area contributed by atoms with Crippen LogP contribution in [-0.2, 0) is 6.61 Å². The average Bonchev–Trinajstić information content (AvgIpc) is 2.31. The molecule has 0 unspecified atom stereocenters. The largest absolute Gasteiger partial charge is 0.457 e. The highest BCUT2D eigenvalue weighted by atomic mass is 35.5. The maximum absolute atomic E-state index is 9.16. The van der Waals surface area contributed by atoms with E-state index in [1.54, 1.807) is 18.2 Å². The number of rotatable bonds is 3. The van der Waals surface area contributed by atoms with Crippen molar-refractivity contribution in [3.63, 3.8) is 0 Å². The molecule has 2 rings (SSSR count). The third kappa shape index (κ3) is 2.54. The molecular weight excluding hydrogens is 224 g/mol. The van der Waals surface area contributed by atoms with Crippen molar-refractivity contribution in [1.29, 1.82) is 0 Å². The molecular formula is C13H11ClO2. The van der Waals surface area contributed by atoms with Gasteiger partial charge >= 0.3 is 0 Å². The summed E-state index contributed by atoms with van der Waals surface area (Å²) in [5.41, 5.74) is 0.716. The van der Waals surface area contributed by atoms with Crippen molar-refractivity contribution in [3.05, 3.63) is 59.1 Å². The SMILES string of the molecule is OCc1ccc(Cl)cc1Oc1ccccc1. The first kappa shape index (κ1) is 11.0. The van der Waals surface area contributed by atoms with E-state index >= 15 is 0 Å². The molecule has 0 fully saturated rings. The molecule has 2 aromatic rings. The Bertz CT molecular complexity index is 469. The zero-order valence-electron chi connectivity index (χ0n) is 8.56. The van der Waals surface area contributed by atoms with Crippen molar-refractivity contribution in [3.8, 4) is 11.5 Å². The number of ether oxygens (including phenoxy) is 1. The lowest BCUT2D eigenvalue weighted by atomic mass is 10.2. The van der Waals surface area contributed by atoms with Crippen LogP contribution in [0.3, 0.4) is 0 Å². The predicted octanol–water partition coefficient (Wildman–Crippen LogP) is 3.62. The fourth-order valence-corrected chi connectivity index (χ4v) is 1.53. The van der Waals surface area contributed by atoms with E-state index in [0.29, 0.717) is 16.3 Å². The maximum Gasteiger partial charge on any atom is 0.134 e. The molecule has 1 N–H and O–H groups in total. The van der Waals surface area contributed by atoms with Crippen LogP contribution in [0, 0.1) is 0 Å². The summed E-state index contributed by atoms with van der Waals surface area (Å²) in [5, 5.41) is 9.75. The fourth-order valence-electron chi connectivity index (χ4n) is 1.37. The Morgan fingerprint density at radius 3 is 2.50 bits per heavy atom. The van der Waals surface area contributed by atoms with E-state index in [9.17, 15) is 0 Å². The van der Waals surface area contributed by atoms with Gasteiger partial charge in [-0.05, 0) is 24.3 Å². The van der Waals surface area contributed by atoms with Crippen molar-refractivity contribution in [2.45, 2.75) is 6.61 Å². The van der Waals surface area contributed by atoms with Crippen molar-refractivity contribution in [1.82, 2.24) is 0 Å². The van der Waals surface area contributed by atoms with Crippen LogP contribution in [0.4, 0.5) is 0 Å². The molecule has 0 spiro atoms. The van der Waals surface area contributed by atoms with Gasteiger partial charge in [-0.3, -0.25) is 0 Å². The van der Waals surface area contributed by atoms with Crippen LogP contribution in [0.15, 0.2) is 48.5 Å². The van der Waals surface area contributed by atoms with Gasteiger partial charge in [-0.1, -0.05) is 35.9 Å². The summed E-state index contributed by atoms with van der Waals surface area (Å²) < 4.78 is 5.64. The van der Waals surface area contributed by atoms with Crippen LogP contribution in [0.5, 0.6) is 11.5 Å². The van der Waals surface area contributed by atoms with Gasteiger partial charge in [-0.2, -0.15) is 0 Å². The van der Waals surface area contributed by atoms with E-state index < -0.39 is 0 Å². The van der Waals surface area contributed by atoms with Crippen molar-refractivity contribution in [2.75, 3.05) is 0 Å². The Balaban J connectivity index is 2.30. The minimum Gasteiger partial charge on any atom is -0.457 e. The van der Waals surface area contributed by atoms with Gasteiger partial charge in [0.15, 0.2) is 0 Å². The van der Waals surface area contributed by atoms with E-state index in [2.05, 4.69) is 0 Å². The summed E-state index contributed by atoms with van der Waals surface area (Å²) in [6.45, 7) is -0.0701. The number of halogens is 1. The molecule has 82 valence electrons. The molecule has 2 aromatic carbocycles. The first-order valence-corrected chi connectivity index (χ1v) is 5.29. The highest BCUT2D eigenvalue weighted by Gasteiger charge is 2.04. The van der Waals surface area contributed by atoms with Crippen molar-refractivity contribution >= 4 is 11.6 Å². The van der Waals surface area contributed by atoms with Gasteiger partial charge in [-0.15, -0.1) is 0 Å². The van der Waals surface area contributed by atoms with Crippen molar-refractivity contribution < 1.29 is 9.84 Å². The summed E-state index contributed by atoms with van der Waals surface area (Å²) in [6.07, 6.45) is 0. The summed E-state index contributed by atoms with van der Waals surface area (Å²) in [6, 6.07) is 14.6. The molecule has 0 aromatic heterocycles. The second-order valence-corrected chi connectivity index (χ2v) is 3.76. The van der Waals surface area contributed by atoms with Crippen LogP contribution in [0.25, 0.3) is 0 Å². The van der Waals surface area contributed by atoms with Gasteiger partial charge in [0.25, 0.3) is 0 Å². The molecule has 0 aliphatic carbocycles. The van der Waals surface area contributed by atoms with Crippen LogP contribution >= 0.6 is 11.6 Å². The molecule has 0 aliphatic heterocycles. The van der Waals surface area contributed by atoms with Gasteiger partial charge in [0.05, 0.1) is 6.61 Å². The number of para-hydroxylation sites is 1. The molecule has 16 heavy (non-hydrogen) atoms. The second-order valence-electron chi connectivity index (χ2n) is 3.33. The zero-order valence-corrected chi connectivity index (χ0v) is 9.32. The Labute approximate surface area is 99.1 Å². The molecule has 0 radical (unpaired) electrons. The smallest absolute Gasteiger partial charge is 0.134 e. The van der Waals surface area contributed by atoms with Crippen LogP contribution < -0.4 is 4.74 Å². The first-order valence-electron chi connectivity index (χ1n) is 4.92. The number of hydrogen-bond acceptors (Lipinski definition) is 2. The monoisotopic (exact) mass is 234 g/mol. The maximum atomic E-state index is 9.16. The van der Waals surface area contributed by atoms with Gasteiger partial charge < -0.3 is 9.84 Å². The standard InChI is InChI=1S/C13H11ClO2/c14-11-7-6-10(9-15)13(8-11)16-12-4-2-1-3-5-12/h1-8,15H,9H2. The van der Waals surface area contributed by atoms with Gasteiger partial charge in [0.2, 0.25) is 0 Å². The highest BCUT2D eigenvalue weighted by molar-refractivity contribution is 6.30. The summed E-state index contributed by atoms with van der Waals surface area (Å²) in [7, 11) is 0. The molecule has 3 heteroatoms. The Morgan fingerprint density at radius 2 is 1.81 bits per heavy atom. The number of aliphatic hydroxyl groups excluding tert-OH is 1. The Kier molecular flexibility index (Phi) is 3.44. The third-order valence-corrected chi connectivity index (χ3v) is 2.41. The quantitative estimate of drug-likeness (QED) is 0.879. The highest BCUT2D eigenvalue weighted by Crippen LogP contribution is 2.28. The summed E-state index contributed by atoms with van der Waals surface area (Å²) in [4.78, 5) is 0. The van der Waals surface area contributed by atoms with Crippen molar-refractivity contribution in [2.24, 2.45) is 0 Å². The number of hydrogen-bond donors (Lipinski definition) is 1. The van der Waals surface area contributed by atoms with Gasteiger partial charge in [-0.25, -0.2) is 0 Å². The molecule has 0 heterocycles. The summed E-state index contributed by atoms with van der Waals surface area (Å²) in [5.74, 6) is 1.31. The molecule has 0 bridgehead atoms. The molecule has 0 amide bonds. The lowest BCUT2D eigenvalue weighted by molar-refractivity contribution is 0.276. The molecule has 0 saturated heterocycles. The lowest BCUT2D eigenvalue weighted by Gasteiger charge is -2.09. The average molecular weight is 235 g/mol. The van der Waals surface area contributed by atoms with Gasteiger partial charge in [0, 0.05) is 10.6 Å². The minimum absolute atomic E-state index is 0.0701. The molecule has 2 nitrogen and oxygen atoms in total. The Hall–Kier alpha value is -1.51. The molecule has 0 saturated carbocycles. The van der Waals surface area contributed by atoms with E-state index in [4.69, 9.17) is 21.4 Å². The molecule has 0 atom stereocenters. The van der Waals surface area contributed by atoms with Gasteiger partial charge in [0.1, 0.15) is 11.5 Å². The van der Waals surface area contributed by atoms with E-state index in [-0.39, 0.29) is 6.61 Å². The number of aliphatic hydroxyl groups is 1. The second kappa shape index (κ2) is 5.01. The molecule has 0 aliphatic rings. The topological polar surface area (TPSA) is 29.5 Å². The summed E-state index contributed by atoms with van der Waals surface area (Å²) >= 11 is 5.88. The fraction of sp³-hybridized carbons (Fsp3) is 0.0769. The minimum atomic E-state index is -0.0701. The van der Waals surface area contributed by atoms with E-state index in [1.807, 2.05) is 30.3 Å². The van der Waals surface area contributed by atoms with Crippen LogP contribution in [-0.4, -0.2) is 5.11 Å². The predicted molar refractivity (Wildman–Crippen MR) is 63.9 cm³/mol. The van der Waals surface area contributed by atoms with E-state index in [1.165, 1.54) is 0 Å². The third-order valence-electron chi connectivity index (χ3n) is 2.17. The lowest BCUT2D eigenvalue weighted by Crippen LogP contribution is -1.91. The van der Waals surface area contributed by atoms with Crippen LogP contribution in [0.2, 0.25) is 5.02 Å². The van der Waals surface area contributed by atoms with E-state index in [0.717, 1.165) is 5.75 Å². The normalized spacial score (nSPS) is 10.1. The zero-order chi connectivity index (χ0) is 11.4. The number of benzene rings is 2. The van der Waals surface area contributed by atoms with Crippen LogP contribution in [0.1, 0.15) is 5.56 Å². The first-order chi connectivity index (χ1) is 7.79. The Morgan fingerprint density at radius 1 is 1.06 bits per heavy atom.